The van der Waals surface area contributed by atoms with E-state index in [1.165, 1.54) is 18.4 Å². The number of carbonyl (C=O) groups excluding carboxylic acids is 1. The summed E-state index contributed by atoms with van der Waals surface area (Å²) in [4.78, 5) is 18.2. The van der Waals surface area contributed by atoms with Gasteiger partial charge in [-0.25, -0.2) is 0 Å². The molecule has 0 saturated heterocycles. The van der Waals surface area contributed by atoms with Crippen molar-refractivity contribution < 1.29 is 19.0 Å². The van der Waals surface area contributed by atoms with Crippen molar-refractivity contribution in [2.24, 2.45) is 4.99 Å². The number of carbonyl (C=O) groups is 1. The third kappa shape index (κ3) is 3.96. The number of nitrogens with zero attached hydrogens (tertiary/aromatic N) is 1. The maximum absolute atomic E-state index is 13.0. The van der Waals surface area contributed by atoms with Gasteiger partial charge in [0.1, 0.15) is 5.75 Å². The highest BCUT2D eigenvalue weighted by molar-refractivity contribution is 6.16. The highest BCUT2D eigenvalue weighted by Gasteiger charge is 2.34. The lowest BCUT2D eigenvalue weighted by Gasteiger charge is -2.35. The van der Waals surface area contributed by atoms with Crippen molar-refractivity contribution in [1.82, 2.24) is 0 Å². The van der Waals surface area contributed by atoms with Crippen LogP contribution in [-0.2, 0) is 0 Å². The molecule has 2 atom stereocenters. The molecule has 3 aromatic carbocycles. The SMILES string of the molecule is COc1ccc(C(=O)c2ccc(C3=N[C@H]4CCCC[C@H]4c4cc(OC)c(OC)cc43)cc2)cc1. The molecule has 1 fully saturated rings. The van der Waals surface area contributed by atoms with Crippen LogP contribution in [0.3, 0.4) is 0 Å². The third-order valence-corrected chi connectivity index (χ3v) is 7.01. The number of ether oxygens (including phenoxy) is 3. The molecule has 0 bridgehead atoms. The Morgan fingerprint density at radius 3 is 2.06 bits per heavy atom. The smallest absolute Gasteiger partial charge is 0.193 e. The molecule has 1 aliphatic carbocycles. The lowest BCUT2D eigenvalue weighted by Crippen LogP contribution is -2.29. The number of aliphatic imine (C=N–C) groups is 1. The van der Waals surface area contributed by atoms with Gasteiger partial charge in [0.2, 0.25) is 0 Å². The lowest BCUT2D eigenvalue weighted by atomic mass is 9.75. The van der Waals surface area contributed by atoms with Crippen molar-refractivity contribution in [2.45, 2.75) is 37.6 Å². The maximum Gasteiger partial charge on any atom is 0.193 e. The molecule has 34 heavy (non-hydrogen) atoms. The Bertz CT molecular complexity index is 1230. The normalized spacial score (nSPS) is 18.9. The number of hydrogen-bond acceptors (Lipinski definition) is 5. The van der Waals surface area contributed by atoms with Crippen LogP contribution in [0.15, 0.2) is 65.7 Å². The molecule has 2 aliphatic rings. The van der Waals surface area contributed by atoms with Crippen molar-refractivity contribution in [1.29, 1.82) is 0 Å². The van der Waals surface area contributed by atoms with Crippen molar-refractivity contribution in [3.8, 4) is 17.2 Å². The molecular formula is C29H29NO4. The molecule has 1 saturated carbocycles. The monoisotopic (exact) mass is 455 g/mol. The van der Waals surface area contributed by atoms with E-state index < -0.39 is 0 Å². The maximum atomic E-state index is 13.0. The molecule has 0 unspecified atom stereocenters. The standard InChI is InChI=1S/C29H29NO4/c1-32-21-14-12-20(13-15-21)29(31)19-10-8-18(9-11-19)28-24-17-27(34-3)26(33-2)16-23(24)22-6-4-5-7-25(22)30-28/h8-17,22,25H,4-7H2,1-3H3/t22-,25-/m0/s1. The van der Waals surface area contributed by atoms with Crippen molar-refractivity contribution in [3.63, 3.8) is 0 Å². The van der Waals surface area contributed by atoms with Gasteiger partial charge in [0, 0.05) is 28.2 Å². The fourth-order valence-corrected chi connectivity index (χ4v) is 5.19. The van der Waals surface area contributed by atoms with E-state index in [2.05, 4.69) is 6.07 Å². The Balaban J connectivity index is 1.51. The van der Waals surface area contributed by atoms with Crippen LogP contribution in [-0.4, -0.2) is 38.9 Å². The summed E-state index contributed by atoms with van der Waals surface area (Å²) in [5.41, 5.74) is 5.62. The minimum Gasteiger partial charge on any atom is -0.497 e. The fraction of sp³-hybridized carbons (Fsp3) is 0.310. The van der Waals surface area contributed by atoms with Gasteiger partial charge >= 0.3 is 0 Å². The Hall–Kier alpha value is -3.60. The van der Waals surface area contributed by atoms with Gasteiger partial charge in [-0.2, -0.15) is 0 Å². The van der Waals surface area contributed by atoms with Gasteiger partial charge in [0.05, 0.1) is 33.1 Å². The average molecular weight is 456 g/mol. The molecule has 0 radical (unpaired) electrons. The number of hydrogen-bond donors (Lipinski definition) is 0. The first kappa shape index (κ1) is 22.2. The Labute approximate surface area is 200 Å². The van der Waals surface area contributed by atoms with Crippen LogP contribution >= 0.6 is 0 Å². The summed E-state index contributed by atoms with van der Waals surface area (Å²) in [5.74, 6) is 2.58. The zero-order chi connectivity index (χ0) is 23.7. The average Bonchev–Trinajstić information content (AvgIpc) is 2.91. The van der Waals surface area contributed by atoms with Crippen LogP contribution in [0.5, 0.6) is 17.2 Å². The van der Waals surface area contributed by atoms with E-state index in [-0.39, 0.29) is 11.8 Å². The van der Waals surface area contributed by atoms with Crippen LogP contribution < -0.4 is 14.2 Å². The topological polar surface area (TPSA) is 57.1 Å². The van der Waals surface area contributed by atoms with Gasteiger partial charge in [-0.3, -0.25) is 9.79 Å². The summed E-state index contributed by atoms with van der Waals surface area (Å²) < 4.78 is 16.4. The van der Waals surface area contributed by atoms with E-state index in [1.54, 1.807) is 45.6 Å². The summed E-state index contributed by atoms with van der Waals surface area (Å²) in [6, 6.07) is 19.4. The van der Waals surface area contributed by atoms with Crippen LogP contribution in [0.2, 0.25) is 0 Å². The first-order chi connectivity index (χ1) is 16.6. The quantitative estimate of drug-likeness (QED) is 0.440. The van der Waals surface area contributed by atoms with E-state index in [9.17, 15) is 4.79 Å². The fourth-order valence-electron chi connectivity index (χ4n) is 5.19. The minimum absolute atomic E-state index is 0.0149. The van der Waals surface area contributed by atoms with E-state index in [0.717, 1.165) is 41.2 Å². The molecule has 174 valence electrons. The molecule has 1 aliphatic heterocycles. The molecule has 3 aromatic rings. The Morgan fingerprint density at radius 1 is 0.794 bits per heavy atom. The van der Waals surface area contributed by atoms with E-state index >= 15 is 0 Å². The predicted octanol–water partition coefficient (Wildman–Crippen LogP) is 5.82. The number of rotatable bonds is 6. The van der Waals surface area contributed by atoms with Gasteiger partial charge in [-0.1, -0.05) is 37.1 Å². The van der Waals surface area contributed by atoms with Crippen molar-refractivity contribution in [3.05, 3.63) is 88.5 Å². The highest BCUT2D eigenvalue weighted by atomic mass is 16.5. The van der Waals surface area contributed by atoms with Crippen LogP contribution in [0.1, 0.15) is 64.2 Å². The van der Waals surface area contributed by atoms with Crippen LogP contribution in [0, 0.1) is 0 Å². The summed E-state index contributed by atoms with van der Waals surface area (Å²) in [6.07, 6.45) is 4.66. The molecule has 5 rings (SSSR count). The number of fused-ring (bicyclic) bond motifs is 3. The van der Waals surface area contributed by atoms with Crippen molar-refractivity contribution >= 4 is 11.5 Å². The van der Waals surface area contributed by atoms with E-state index in [0.29, 0.717) is 22.8 Å². The Kier molecular flexibility index (Phi) is 6.10. The zero-order valence-electron chi connectivity index (χ0n) is 19.8. The first-order valence-electron chi connectivity index (χ1n) is 11.8. The van der Waals surface area contributed by atoms with Crippen LogP contribution in [0.4, 0.5) is 0 Å². The first-order valence-corrected chi connectivity index (χ1v) is 11.8. The summed E-state index contributed by atoms with van der Waals surface area (Å²) in [5, 5.41) is 0. The number of benzene rings is 3. The largest absolute Gasteiger partial charge is 0.497 e. The second-order valence-electron chi connectivity index (χ2n) is 8.87. The number of methoxy groups -OCH3 is 3. The summed E-state index contributed by atoms with van der Waals surface area (Å²) in [7, 11) is 4.95. The second kappa shape index (κ2) is 9.34. The third-order valence-electron chi connectivity index (χ3n) is 7.01. The van der Waals surface area contributed by atoms with Gasteiger partial charge in [-0.15, -0.1) is 0 Å². The molecule has 5 nitrogen and oxygen atoms in total. The van der Waals surface area contributed by atoms with E-state index in [1.807, 2.05) is 30.3 Å². The highest BCUT2D eigenvalue weighted by Crippen LogP contribution is 2.44. The zero-order valence-corrected chi connectivity index (χ0v) is 19.8. The molecule has 0 spiro atoms. The second-order valence-corrected chi connectivity index (χ2v) is 8.87. The molecule has 1 heterocycles. The molecule has 0 amide bonds. The summed E-state index contributed by atoms with van der Waals surface area (Å²) >= 11 is 0. The summed E-state index contributed by atoms with van der Waals surface area (Å²) in [6.45, 7) is 0. The number of ketones is 1. The molecule has 5 heteroatoms. The molecule has 0 N–H and O–H groups in total. The van der Waals surface area contributed by atoms with Crippen LogP contribution in [0.25, 0.3) is 0 Å². The van der Waals surface area contributed by atoms with Gasteiger partial charge in [-0.05, 0) is 54.8 Å². The minimum atomic E-state index is -0.0149. The lowest BCUT2D eigenvalue weighted by molar-refractivity contribution is 0.103. The van der Waals surface area contributed by atoms with E-state index in [4.69, 9.17) is 19.2 Å². The predicted molar refractivity (Wildman–Crippen MR) is 133 cm³/mol. The molecular weight excluding hydrogens is 426 g/mol. The van der Waals surface area contributed by atoms with Gasteiger partial charge < -0.3 is 14.2 Å². The van der Waals surface area contributed by atoms with Gasteiger partial charge in [0.15, 0.2) is 17.3 Å². The van der Waals surface area contributed by atoms with Crippen molar-refractivity contribution in [2.75, 3.05) is 21.3 Å². The van der Waals surface area contributed by atoms with Gasteiger partial charge in [0.25, 0.3) is 0 Å². The Morgan fingerprint density at radius 2 is 1.41 bits per heavy atom. The molecule has 0 aromatic heterocycles.